The molecule has 164 valence electrons. The van der Waals surface area contributed by atoms with Crippen molar-refractivity contribution in [2.24, 2.45) is 23.7 Å². The minimum absolute atomic E-state index is 0.0739. The van der Waals surface area contributed by atoms with Gasteiger partial charge in [0, 0.05) is 41.7 Å². The van der Waals surface area contributed by atoms with Gasteiger partial charge in [0.05, 0.1) is 0 Å². The Kier molecular flexibility index (Phi) is 10.6. The predicted molar refractivity (Wildman–Crippen MR) is 118 cm³/mol. The number of rotatable bonds is 13. The molecule has 0 aromatic carbocycles. The van der Waals surface area contributed by atoms with E-state index in [9.17, 15) is 14.7 Å². The van der Waals surface area contributed by atoms with E-state index >= 15 is 0 Å². The highest BCUT2D eigenvalue weighted by Crippen LogP contribution is 2.26. The molecule has 0 radical (unpaired) electrons. The second-order valence-corrected chi connectivity index (χ2v) is 9.26. The molecule has 1 aromatic heterocycles. The molecule has 3 unspecified atom stereocenters. The molecule has 0 aliphatic heterocycles. The molecule has 1 N–H and O–H groups in total. The van der Waals surface area contributed by atoms with Gasteiger partial charge in [0.2, 0.25) is 6.20 Å². The largest absolute Gasteiger partial charge is 0.503 e. The Morgan fingerprint density at radius 1 is 0.966 bits per heavy atom. The number of aryl methyl sites for hydroxylation is 1. The smallest absolute Gasteiger partial charge is 0.211 e. The molecule has 0 fully saturated rings. The maximum absolute atomic E-state index is 12.1. The minimum Gasteiger partial charge on any atom is -0.503 e. The lowest BCUT2D eigenvalue weighted by Crippen LogP contribution is -2.38. The number of nitrogens with zero attached hydrogens (tertiary/aromatic N) is 1. The summed E-state index contributed by atoms with van der Waals surface area (Å²) in [7, 11) is 0. The third-order valence-electron chi connectivity index (χ3n) is 5.88. The maximum atomic E-state index is 12.1. The lowest BCUT2D eigenvalue weighted by molar-refractivity contribution is -0.703. The highest BCUT2D eigenvalue weighted by molar-refractivity contribution is 5.80. The summed E-state index contributed by atoms with van der Waals surface area (Å²) in [5.74, 6) is 1.74. The van der Waals surface area contributed by atoms with Gasteiger partial charge < -0.3 is 5.11 Å². The van der Waals surface area contributed by atoms with E-state index in [0.717, 1.165) is 36.9 Å². The zero-order valence-corrected chi connectivity index (χ0v) is 19.6. The van der Waals surface area contributed by atoms with Crippen molar-refractivity contribution in [3.63, 3.8) is 0 Å². The van der Waals surface area contributed by atoms with Gasteiger partial charge in [0.15, 0.2) is 18.5 Å². The van der Waals surface area contributed by atoms with Crippen LogP contribution >= 0.6 is 0 Å². The number of carbonyl (C=O) groups is 2. The third-order valence-corrected chi connectivity index (χ3v) is 5.88. The fourth-order valence-electron chi connectivity index (χ4n) is 4.00. The van der Waals surface area contributed by atoms with Crippen molar-refractivity contribution in [3.05, 3.63) is 23.5 Å². The quantitative estimate of drug-likeness (QED) is 0.467. The van der Waals surface area contributed by atoms with Crippen molar-refractivity contribution in [2.45, 2.75) is 93.5 Å². The SMILES string of the molecule is CCC(=O)C(C)Cc1c(O)c[n+](CC(C)CC(C)C(=O)CC)cc1CCC(C)C. The van der Waals surface area contributed by atoms with E-state index in [0.29, 0.717) is 36.9 Å². The fraction of sp³-hybridized carbons (Fsp3) is 0.720. The van der Waals surface area contributed by atoms with E-state index < -0.39 is 0 Å². The summed E-state index contributed by atoms with van der Waals surface area (Å²) in [6.45, 7) is 15.1. The van der Waals surface area contributed by atoms with Crippen LogP contribution in [0.4, 0.5) is 0 Å². The Hall–Kier alpha value is -1.71. The molecule has 29 heavy (non-hydrogen) atoms. The topological polar surface area (TPSA) is 58.2 Å². The first kappa shape index (κ1) is 25.3. The number of Topliss-reactive ketones (excluding diaryl/α,β-unsaturated/α-hetero) is 2. The molecule has 0 amide bonds. The van der Waals surface area contributed by atoms with Crippen molar-refractivity contribution in [1.82, 2.24) is 0 Å². The summed E-state index contributed by atoms with van der Waals surface area (Å²) in [5, 5.41) is 10.8. The van der Waals surface area contributed by atoms with Gasteiger partial charge in [-0.2, -0.15) is 0 Å². The monoisotopic (exact) mass is 404 g/mol. The van der Waals surface area contributed by atoms with Crippen molar-refractivity contribution in [3.8, 4) is 5.75 Å². The van der Waals surface area contributed by atoms with Crippen LogP contribution in [0.2, 0.25) is 0 Å². The highest BCUT2D eigenvalue weighted by atomic mass is 16.3. The van der Waals surface area contributed by atoms with Gasteiger partial charge in [-0.1, -0.05) is 48.5 Å². The molecular formula is C25H42NO3+. The second-order valence-electron chi connectivity index (χ2n) is 9.26. The average Bonchev–Trinajstić information content (AvgIpc) is 2.66. The van der Waals surface area contributed by atoms with Gasteiger partial charge in [-0.25, -0.2) is 4.57 Å². The molecule has 0 aliphatic carbocycles. The lowest BCUT2D eigenvalue weighted by atomic mass is 9.90. The molecule has 1 aromatic rings. The first-order valence-electron chi connectivity index (χ1n) is 11.4. The standard InChI is InChI=1S/C25H41NO3/c1-8-23(27)19(6)12-18(5)14-26-15-21(11-10-17(3)4)22(25(29)16-26)13-20(7)24(28)9-2/h15-20H,8-14H2,1-7H3/p+1. The summed E-state index contributed by atoms with van der Waals surface area (Å²) >= 11 is 0. The molecule has 0 saturated carbocycles. The van der Waals surface area contributed by atoms with Crippen LogP contribution in [0.15, 0.2) is 12.4 Å². The number of pyridine rings is 1. The van der Waals surface area contributed by atoms with Crippen LogP contribution in [0.25, 0.3) is 0 Å². The van der Waals surface area contributed by atoms with Gasteiger partial charge in [-0.05, 0) is 31.6 Å². The number of carbonyl (C=O) groups excluding carboxylic acids is 2. The Labute approximate surface area is 177 Å². The Bertz CT molecular complexity index is 681. The zero-order valence-electron chi connectivity index (χ0n) is 19.6. The lowest BCUT2D eigenvalue weighted by Gasteiger charge is -2.17. The summed E-state index contributed by atoms with van der Waals surface area (Å²) in [6.07, 6.45) is 8.43. The normalized spacial score (nSPS) is 14.6. The second kappa shape index (κ2) is 12.1. The van der Waals surface area contributed by atoms with Gasteiger partial charge in [0.1, 0.15) is 11.6 Å². The van der Waals surface area contributed by atoms with Crippen LogP contribution in [0.3, 0.4) is 0 Å². The van der Waals surface area contributed by atoms with Crippen LogP contribution in [-0.4, -0.2) is 16.7 Å². The van der Waals surface area contributed by atoms with Gasteiger partial charge in [0.25, 0.3) is 0 Å². The predicted octanol–water partition coefficient (Wildman–Crippen LogP) is 5.07. The molecular weight excluding hydrogens is 362 g/mol. The summed E-state index contributed by atoms with van der Waals surface area (Å²) in [5.41, 5.74) is 2.05. The van der Waals surface area contributed by atoms with E-state index in [-0.39, 0.29) is 23.4 Å². The number of hydrogen-bond donors (Lipinski definition) is 1. The average molecular weight is 405 g/mol. The molecule has 1 heterocycles. The molecule has 4 nitrogen and oxygen atoms in total. The summed E-state index contributed by atoms with van der Waals surface area (Å²) in [6, 6.07) is 0. The number of ketones is 2. The first-order valence-corrected chi connectivity index (χ1v) is 11.4. The third kappa shape index (κ3) is 8.28. The van der Waals surface area contributed by atoms with Gasteiger partial charge >= 0.3 is 0 Å². The molecule has 3 atom stereocenters. The van der Waals surface area contributed by atoms with Gasteiger partial charge in [-0.15, -0.1) is 0 Å². The van der Waals surface area contributed by atoms with Crippen LogP contribution in [0.5, 0.6) is 5.75 Å². The Morgan fingerprint density at radius 3 is 2.10 bits per heavy atom. The van der Waals surface area contributed by atoms with Crippen LogP contribution in [0, 0.1) is 23.7 Å². The molecule has 0 saturated heterocycles. The molecule has 4 heteroatoms. The van der Waals surface area contributed by atoms with Crippen molar-refractivity contribution >= 4 is 11.6 Å². The summed E-state index contributed by atoms with van der Waals surface area (Å²) < 4.78 is 2.06. The van der Waals surface area contributed by atoms with E-state index in [1.54, 1.807) is 6.20 Å². The van der Waals surface area contributed by atoms with Crippen molar-refractivity contribution in [2.75, 3.05) is 0 Å². The molecule has 0 aliphatic rings. The van der Waals surface area contributed by atoms with E-state index in [4.69, 9.17) is 0 Å². The van der Waals surface area contributed by atoms with Crippen LogP contribution < -0.4 is 4.57 Å². The van der Waals surface area contributed by atoms with E-state index in [2.05, 4.69) is 31.5 Å². The Morgan fingerprint density at radius 2 is 1.55 bits per heavy atom. The molecule has 0 spiro atoms. The van der Waals surface area contributed by atoms with Gasteiger partial charge in [-0.3, -0.25) is 9.59 Å². The number of aromatic hydroxyl groups is 1. The molecule has 0 bridgehead atoms. The maximum Gasteiger partial charge on any atom is 0.211 e. The highest BCUT2D eigenvalue weighted by Gasteiger charge is 2.23. The number of hydrogen-bond acceptors (Lipinski definition) is 3. The summed E-state index contributed by atoms with van der Waals surface area (Å²) in [4.78, 5) is 24.0. The minimum atomic E-state index is -0.0839. The van der Waals surface area contributed by atoms with E-state index in [1.165, 1.54) is 0 Å². The van der Waals surface area contributed by atoms with Crippen molar-refractivity contribution in [1.29, 1.82) is 0 Å². The molecule has 1 rings (SSSR count). The van der Waals surface area contributed by atoms with Crippen molar-refractivity contribution < 1.29 is 19.3 Å². The van der Waals surface area contributed by atoms with Crippen LogP contribution in [0.1, 0.15) is 85.3 Å². The van der Waals surface area contributed by atoms with E-state index in [1.807, 2.05) is 27.7 Å². The van der Waals surface area contributed by atoms with Crippen LogP contribution in [-0.2, 0) is 29.0 Å². The fourth-order valence-corrected chi connectivity index (χ4v) is 4.00. The number of aromatic nitrogens is 1. The zero-order chi connectivity index (χ0) is 22.1. The Balaban J connectivity index is 3.05. The first-order chi connectivity index (χ1) is 13.6.